The molecule has 19 heavy (non-hydrogen) atoms. The molecule has 1 heterocycles. The van der Waals surface area contributed by atoms with E-state index in [1.807, 2.05) is 25.1 Å². The lowest BCUT2D eigenvalue weighted by molar-refractivity contribution is 0.460. The number of nitrogens with one attached hydrogen (secondary N) is 1. The molecule has 0 saturated carbocycles. The lowest BCUT2D eigenvalue weighted by Crippen LogP contribution is -2.33. The molecule has 0 bridgehead atoms. The van der Waals surface area contributed by atoms with E-state index in [-0.39, 0.29) is 5.75 Å². The molecule has 5 nitrogen and oxygen atoms in total. The Bertz CT molecular complexity index is 488. The molecule has 1 aromatic rings. The molecule has 0 radical (unpaired) electrons. The van der Waals surface area contributed by atoms with Gasteiger partial charge in [0.05, 0.1) is 18.0 Å². The van der Waals surface area contributed by atoms with Gasteiger partial charge in [-0.2, -0.15) is 4.31 Å². The lowest BCUT2D eigenvalue weighted by atomic mass is 10.3. The molecule has 0 amide bonds. The summed E-state index contributed by atoms with van der Waals surface area (Å²) >= 11 is 0. The number of sulfonamides is 1. The second-order valence-electron chi connectivity index (χ2n) is 4.59. The van der Waals surface area contributed by atoms with Gasteiger partial charge in [-0.25, -0.2) is 8.42 Å². The van der Waals surface area contributed by atoms with Gasteiger partial charge in [0.2, 0.25) is 10.0 Å². The average molecular weight is 285 g/mol. The third-order valence-electron chi connectivity index (χ3n) is 2.77. The first kappa shape index (κ1) is 16.1. The van der Waals surface area contributed by atoms with Crippen LogP contribution >= 0.6 is 0 Å². The molecule has 0 unspecified atom stereocenters. The highest BCUT2D eigenvalue weighted by Gasteiger charge is 2.17. The smallest absolute Gasteiger partial charge is 0.215 e. The molecule has 0 aromatic carbocycles. The molecule has 108 valence electrons. The van der Waals surface area contributed by atoms with Crippen LogP contribution in [-0.4, -0.2) is 43.6 Å². The first-order chi connectivity index (χ1) is 8.95. The molecular weight excluding hydrogens is 262 g/mol. The number of hydrogen-bond acceptors (Lipinski definition) is 4. The van der Waals surface area contributed by atoms with E-state index in [0.29, 0.717) is 13.1 Å². The fourth-order valence-corrected chi connectivity index (χ4v) is 2.72. The van der Waals surface area contributed by atoms with Crippen LogP contribution in [0.15, 0.2) is 18.2 Å². The van der Waals surface area contributed by atoms with Crippen LogP contribution in [0.2, 0.25) is 0 Å². The van der Waals surface area contributed by atoms with Crippen molar-refractivity contribution in [3.63, 3.8) is 0 Å². The molecule has 0 spiro atoms. The van der Waals surface area contributed by atoms with E-state index in [1.165, 1.54) is 4.31 Å². The Morgan fingerprint density at radius 1 is 1.32 bits per heavy atom. The summed E-state index contributed by atoms with van der Waals surface area (Å²) in [5, 5.41) is 3.10. The maximum absolute atomic E-state index is 12.0. The van der Waals surface area contributed by atoms with Crippen molar-refractivity contribution in [3.8, 4) is 0 Å². The van der Waals surface area contributed by atoms with E-state index in [1.54, 1.807) is 7.05 Å². The first-order valence-corrected chi connectivity index (χ1v) is 8.14. The van der Waals surface area contributed by atoms with Crippen LogP contribution in [0.5, 0.6) is 0 Å². The van der Waals surface area contributed by atoms with Gasteiger partial charge in [0.1, 0.15) is 0 Å². The Hall–Kier alpha value is -0.980. The van der Waals surface area contributed by atoms with Gasteiger partial charge in [-0.15, -0.1) is 0 Å². The van der Waals surface area contributed by atoms with Crippen LogP contribution in [0.4, 0.5) is 0 Å². The highest BCUT2D eigenvalue weighted by Crippen LogP contribution is 2.06. The highest BCUT2D eigenvalue weighted by molar-refractivity contribution is 7.89. The maximum atomic E-state index is 12.0. The summed E-state index contributed by atoms with van der Waals surface area (Å²) in [7, 11) is -1.62. The van der Waals surface area contributed by atoms with Crippen molar-refractivity contribution in [1.29, 1.82) is 0 Å². The zero-order chi connectivity index (χ0) is 14.3. The Balaban J connectivity index is 2.53. The van der Waals surface area contributed by atoms with Crippen molar-refractivity contribution in [2.75, 3.05) is 25.9 Å². The second kappa shape index (κ2) is 7.57. The lowest BCUT2D eigenvalue weighted by Gasteiger charge is -2.17. The van der Waals surface area contributed by atoms with Gasteiger partial charge in [-0.3, -0.25) is 4.98 Å². The SMILES string of the molecule is CCCNCCS(=O)(=O)N(C)Cc1cccc(C)n1. The Labute approximate surface area is 116 Å². The quantitative estimate of drug-likeness (QED) is 0.728. The van der Waals surface area contributed by atoms with Gasteiger partial charge >= 0.3 is 0 Å². The summed E-state index contributed by atoms with van der Waals surface area (Å²) in [6.45, 7) is 5.60. The van der Waals surface area contributed by atoms with Gasteiger partial charge < -0.3 is 5.32 Å². The zero-order valence-electron chi connectivity index (χ0n) is 11.9. The van der Waals surface area contributed by atoms with Crippen LogP contribution in [0, 0.1) is 6.92 Å². The number of aryl methyl sites for hydroxylation is 1. The van der Waals surface area contributed by atoms with Gasteiger partial charge in [-0.05, 0) is 32.0 Å². The molecule has 0 aliphatic carbocycles. The zero-order valence-corrected chi connectivity index (χ0v) is 12.7. The molecule has 1 N–H and O–H groups in total. The van der Waals surface area contributed by atoms with Crippen molar-refractivity contribution in [2.45, 2.75) is 26.8 Å². The van der Waals surface area contributed by atoms with Crippen molar-refractivity contribution in [1.82, 2.24) is 14.6 Å². The molecule has 1 aromatic heterocycles. The van der Waals surface area contributed by atoms with Crippen LogP contribution in [0.1, 0.15) is 24.7 Å². The largest absolute Gasteiger partial charge is 0.316 e. The number of nitrogens with zero attached hydrogens (tertiary/aromatic N) is 2. The minimum atomic E-state index is -3.22. The number of aromatic nitrogens is 1. The first-order valence-electron chi connectivity index (χ1n) is 6.53. The molecule has 0 aliphatic heterocycles. The van der Waals surface area contributed by atoms with E-state index >= 15 is 0 Å². The second-order valence-corrected chi connectivity index (χ2v) is 6.79. The standard InChI is InChI=1S/C13H23N3O2S/c1-4-8-14-9-10-19(17,18)16(3)11-13-7-5-6-12(2)15-13/h5-7,14H,4,8-11H2,1-3H3. The summed E-state index contributed by atoms with van der Waals surface area (Å²) in [4.78, 5) is 4.31. The highest BCUT2D eigenvalue weighted by atomic mass is 32.2. The summed E-state index contributed by atoms with van der Waals surface area (Å²) < 4.78 is 25.4. The molecule has 0 saturated heterocycles. The van der Waals surface area contributed by atoms with E-state index in [9.17, 15) is 8.42 Å². The van der Waals surface area contributed by atoms with Crippen molar-refractivity contribution in [3.05, 3.63) is 29.6 Å². The van der Waals surface area contributed by atoms with Crippen LogP contribution in [-0.2, 0) is 16.6 Å². The fourth-order valence-electron chi connectivity index (χ4n) is 1.67. The van der Waals surface area contributed by atoms with Gasteiger partial charge in [0.15, 0.2) is 0 Å². The Morgan fingerprint density at radius 3 is 2.68 bits per heavy atom. The number of hydrogen-bond donors (Lipinski definition) is 1. The minimum Gasteiger partial charge on any atom is -0.316 e. The molecule has 6 heteroatoms. The van der Waals surface area contributed by atoms with E-state index in [2.05, 4.69) is 17.2 Å². The topological polar surface area (TPSA) is 62.3 Å². The molecule has 0 atom stereocenters. The monoisotopic (exact) mass is 285 g/mol. The summed E-state index contributed by atoms with van der Waals surface area (Å²) in [5.41, 5.74) is 1.67. The number of rotatable bonds is 8. The van der Waals surface area contributed by atoms with Crippen molar-refractivity contribution < 1.29 is 8.42 Å². The van der Waals surface area contributed by atoms with E-state index in [4.69, 9.17) is 0 Å². The average Bonchev–Trinajstić information content (AvgIpc) is 2.34. The summed E-state index contributed by atoms with van der Waals surface area (Å²) in [6.07, 6.45) is 1.00. The predicted molar refractivity (Wildman–Crippen MR) is 77.4 cm³/mol. The van der Waals surface area contributed by atoms with E-state index in [0.717, 1.165) is 24.4 Å². The molecule has 0 aliphatic rings. The minimum absolute atomic E-state index is 0.120. The normalized spacial score (nSPS) is 12.0. The third-order valence-corrected chi connectivity index (χ3v) is 4.57. The van der Waals surface area contributed by atoms with Crippen LogP contribution in [0.25, 0.3) is 0 Å². The van der Waals surface area contributed by atoms with Crippen molar-refractivity contribution in [2.24, 2.45) is 0 Å². The van der Waals surface area contributed by atoms with Crippen LogP contribution < -0.4 is 5.32 Å². The van der Waals surface area contributed by atoms with Crippen LogP contribution in [0.3, 0.4) is 0 Å². The summed E-state index contributed by atoms with van der Waals surface area (Å²) in [5.74, 6) is 0.120. The van der Waals surface area contributed by atoms with E-state index < -0.39 is 10.0 Å². The third kappa shape index (κ3) is 5.67. The number of pyridine rings is 1. The van der Waals surface area contributed by atoms with Gasteiger partial charge in [0.25, 0.3) is 0 Å². The predicted octanol–water partition coefficient (Wildman–Crippen LogP) is 1.15. The molecule has 0 fully saturated rings. The fraction of sp³-hybridized carbons (Fsp3) is 0.615. The Morgan fingerprint density at radius 2 is 2.05 bits per heavy atom. The van der Waals surface area contributed by atoms with Gasteiger partial charge in [-0.1, -0.05) is 13.0 Å². The van der Waals surface area contributed by atoms with Gasteiger partial charge in [0, 0.05) is 19.3 Å². The molecule has 1 rings (SSSR count). The summed E-state index contributed by atoms with van der Waals surface area (Å²) in [6, 6.07) is 5.63. The molecular formula is C13H23N3O2S. The maximum Gasteiger partial charge on any atom is 0.215 e. The Kier molecular flexibility index (Phi) is 6.41. The van der Waals surface area contributed by atoms with Crippen molar-refractivity contribution >= 4 is 10.0 Å².